The normalized spacial score (nSPS) is 10.2. The highest BCUT2D eigenvalue weighted by Gasteiger charge is 2.13. The van der Waals surface area contributed by atoms with Gasteiger partial charge in [-0.1, -0.05) is 34.1 Å². The van der Waals surface area contributed by atoms with Crippen LogP contribution in [0.5, 0.6) is 0 Å². The molecule has 0 heterocycles. The largest absolute Gasteiger partial charge is 0.398 e. The van der Waals surface area contributed by atoms with E-state index in [1.165, 1.54) is 6.07 Å². The molecule has 6 heteroatoms. The highest BCUT2D eigenvalue weighted by atomic mass is 79.9. The van der Waals surface area contributed by atoms with E-state index in [1.54, 1.807) is 18.2 Å². The van der Waals surface area contributed by atoms with Gasteiger partial charge in [-0.15, -0.1) is 0 Å². The first-order valence-electron chi connectivity index (χ1n) is 5.59. The maximum absolute atomic E-state index is 11.0. The van der Waals surface area contributed by atoms with Gasteiger partial charge in [0.15, 0.2) is 0 Å². The number of rotatable bonds is 4. The first-order chi connectivity index (χ1) is 9.08. The first-order valence-corrected chi connectivity index (χ1v) is 6.38. The van der Waals surface area contributed by atoms with E-state index in [2.05, 4.69) is 21.2 Å². The lowest BCUT2D eigenvalue weighted by Crippen LogP contribution is -2.04. The van der Waals surface area contributed by atoms with Crippen molar-refractivity contribution in [3.05, 3.63) is 62.6 Å². The molecule has 0 amide bonds. The third-order valence-corrected chi connectivity index (χ3v) is 3.17. The third kappa shape index (κ3) is 3.23. The van der Waals surface area contributed by atoms with E-state index in [4.69, 9.17) is 5.73 Å². The third-order valence-electron chi connectivity index (χ3n) is 2.68. The van der Waals surface area contributed by atoms with E-state index in [-0.39, 0.29) is 5.69 Å². The molecular weight excluding hydrogens is 310 g/mol. The first kappa shape index (κ1) is 13.4. The minimum absolute atomic E-state index is 0.0314. The molecule has 98 valence electrons. The van der Waals surface area contributed by atoms with Crippen molar-refractivity contribution in [3.63, 3.8) is 0 Å². The SMILES string of the molecule is Nc1ccccc1CNc1ccc(Br)cc1[N+](=O)[O-]. The number of nitrogens with zero attached hydrogens (tertiary/aromatic N) is 1. The Bertz CT molecular complexity index is 617. The van der Waals surface area contributed by atoms with Crippen molar-refractivity contribution in [2.75, 3.05) is 11.1 Å². The van der Waals surface area contributed by atoms with Crippen LogP contribution in [0.2, 0.25) is 0 Å². The molecule has 0 aliphatic heterocycles. The summed E-state index contributed by atoms with van der Waals surface area (Å²) in [6, 6.07) is 12.3. The molecule has 0 saturated carbocycles. The molecule has 0 aromatic heterocycles. The van der Waals surface area contributed by atoms with Gasteiger partial charge in [0.25, 0.3) is 5.69 Å². The summed E-state index contributed by atoms with van der Waals surface area (Å²) in [4.78, 5) is 10.6. The van der Waals surface area contributed by atoms with Gasteiger partial charge in [0.2, 0.25) is 0 Å². The minimum atomic E-state index is -0.415. The van der Waals surface area contributed by atoms with Gasteiger partial charge in [0.1, 0.15) is 5.69 Å². The number of nitrogens with two attached hydrogens (primary N) is 1. The maximum atomic E-state index is 11.0. The Kier molecular flexibility index (Phi) is 4.01. The maximum Gasteiger partial charge on any atom is 0.293 e. The molecule has 0 bridgehead atoms. The second-order valence-corrected chi connectivity index (χ2v) is 4.89. The molecule has 19 heavy (non-hydrogen) atoms. The number of nitro groups is 1. The molecule has 2 rings (SSSR count). The van der Waals surface area contributed by atoms with E-state index in [0.29, 0.717) is 22.4 Å². The summed E-state index contributed by atoms with van der Waals surface area (Å²) >= 11 is 3.22. The van der Waals surface area contributed by atoms with Crippen LogP contribution in [-0.4, -0.2) is 4.92 Å². The van der Waals surface area contributed by atoms with Gasteiger partial charge in [-0.3, -0.25) is 10.1 Å². The molecular formula is C13H12BrN3O2. The Morgan fingerprint density at radius 2 is 2.00 bits per heavy atom. The van der Waals surface area contributed by atoms with E-state index in [1.807, 2.05) is 18.2 Å². The lowest BCUT2D eigenvalue weighted by atomic mass is 10.1. The number of nitrogens with one attached hydrogen (secondary N) is 1. The van der Waals surface area contributed by atoms with E-state index in [9.17, 15) is 10.1 Å². The fraction of sp³-hybridized carbons (Fsp3) is 0.0769. The molecule has 0 atom stereocenters. The molecule has 2 aromatic rings. The van der Waals surface area contributed by atoms with Crippen LogP contribution in [-0.2, 0) is 6.54 Å². The Morgan fingerprint density at radius 1 is 1.26 bits per heavy atom. The van der Waals surface area contributed by atoms with Gasteiger partial charge in [-0.05, 0) is 23.8 Å². The molecule has 0 saturated heterocycles. The summed E-state index contributed by atoms with van der Waals surface area (Å²) in [5, 5.41) is 14.0. The number of hydrogen-bond donors (Lipinski definition) is 2. The topological polar surface area (TPSA) is 81.2 Å². The highest BCUT2D eigenvalue weighted by molar-refractivity contribution is 9.10. The van der Waals surface area contributed by atoms with Crippen molar-refractivity contribution in [1.29, 1.82) is 0 Å². The van der Waals surface area contributed by atoms with E-state index in [0.717, 1.165) is 5.56 Å². The van der Waals surface area contributed by atoms with Gasteiger partial charge >= 0.3 is 0 Å². The second-order valence-electron chi connectivity index (χ2n) is 3.97. The van der Waals surface area contributed by atoms with Gasteiger partial charge in [-0.25, -0.2) is 0 Å². The van der Waals surface area contributed by atoms with Crippen LogP contribution >= 0.6 is 15.9 Å². The number of anilines is 2. The van der Waals surface area contributed by atoms with Crippen LogP contribution < -0.4 is 11.1 Å². The molecule has 0 unspecified atom stereocenters. The molecule has 0 spiro atoms. The summed E-state index contributed by atoms with van der Waals surface area (Å²) < 4.78 is 0.670. The van der Waals surface area contributed by atoms with Crippen LogP contribution in [0.25, 0.3) is 0 Å². The zero-order chi connectivity index (χ0) is 13.8. The Hall–Kier alpha value is -2.08. The van der Waals surface area contributed by atoms with Gasteiger partial charge in [-0.2, -0.15) is 0 Å². The summed E-state index contributed by atoms with van der Waals surface area (Å²) in [6.45, 7) is 0.440. The Morgan fingerprint density at radius 3 is 2.68 bits per heavy atom. The van der Waals surface area contributed by atoms with Crippen LogP contribution in [0, 0.1) is 10.1 Å². The van der Waals surface area contributed by atoms with Crippen molar-refractivity contribution in [2.24, 2.45) is 0 Å². The molecule has 0 aliphatic rings. The minimum Gasteiger partial charge on any atom is -0.398 e. The Labute approximate surface area is 118 Å². The number of para-hydroxylation sites is 1. The Balaban J connectivity index is 2.20. The van der Waals surface area contributed by atoms with Crippen molar-refractivity contribution in [3.8, 4) is 0 Å². The molecule has 0 fully saturated rings. The quantitative estimate of drug-likeness (QED) is 0.512. The van der Waals surface area contributed by atoms with Crippen LogP contribution in [0.1, 0.15) is 5.56 Å². The predicted molar refractivity (Wildman–Crippen MR) is 79.0 cm³/mol. The highest BCUT2D eigenvalue weighted by Crippen LogP contribution is 2.28. The lowest BCUT2D eigenvalue weighted by Gasteiger charge is -2.09. The predicted octanol–water partition coefficient (Wildman–Crippen LogP) is 3.55. The summed E-state index contributed by atoms with van der Waals surface area (Å²) in [5.74, 6) is 0. The van der Waals surface area contributed by atoms with Crippen molar-refractivity contribution in [2.45, 2.75) is 6.54 Å². The monoisotopic (exact) mass is 321 g/mol. The molecule has 0 aliphatic carbocycles. The van der Waals surface area contributed by atoms with Crippen LogP contribution in [0.15, 0.2) is 46.9 Å². The standard InChI is InChI=1S/C13H12BrN3O2/c14-10-5-6-12(13(7-10)17(18)19)16-8-9-3-1-2-4-11(9)15/h1-7,16H,8,15H2. The lowest BCUT2D eigenvalue weighted by molar-refractivity contribution is -0.384. The summed E-state index contributed by atoms with van der Waals surface area (Å²) in [5.41, 5.74) is 7.89. The number of halogens is 1. The number of hydrogen-bond acceptors (Lipinski definition) is 4. The molecule has 2 aromatic carbocycles. The van der Waals surface area contributed by atoms with Crippen LogP contribution in [0.4, 0.5) is 17.1 Å². The number of nitro benzene ring substituents is 1. The fourth-order valence-electron chi connectivity index (χ4n) is 1.69. The van der Waals surface area contributed by atoms with E-state index < -0.39 is 4.92 Å². The summed E-state index contributed by atoms with van der Waals surface area (Å²) in [6.07, 6.45) is 0. The number of nitrogen functional groups attached to an aromatic ring is 1. The summed E-state index contributed by atoms with van der Waals surface area (Å²) in [7, 11) is 0. The average Bonchev–Trinajstić information content (AvgIpc) is 2.38. The van der Waals surface area contributed by atoms with Crippen molar-refractivity contribution >= 4 is 33.0 Å². The van der Waals surface area contributed by atoms with Crippen molar-refractivity contribution < 1.29 is 4.92 Å². The van der Waals surface area contributed by atoms with Gasteiger partial charge in [0, 0.05) is 22.8 Å². The zero-order valence-electron chi connectivity index (χ0n) is 9.97. The van der Waals surface area contributed by atoms with Gasteiger partial charge in [0.05, 0.1) is 4.92 Å². The zero-order valence-corrected chi connectivity index (χ0v) is 11.6. The fourth-order valence-corrected chi connectivity index (χ4v) is 2.04. The average molecular weight is 322 g/mol. The molecule has 0 radical (unpaired) electrons. The second kappa shape index (κ2) is 5.71. The number of benzene rings is 2. The van der Waals surface area contributed by atoms with Crippen molar-refractivity contribution in [1.82, 2.24) is 0 Å². The molecule has 3 N–H and O–H groups in total. The van der Waals surface area contributed by atoms with E-state index >= 15 is 0 Å². The smallest absolute Gasteiger partial charge is 0.293 e. The van der Waals surface area contributed by atoms with Gasteiger partial charge < -0.3 is 11.1 Å². The molecule has 5 nitrogen and oxygen atoms in total. The van der Waals surface area contributed by atoms with Crippen LogP contribution in [0.3, 0.4) is 0 Å².